The minimum Gasteiger partial charge on any atom is -0.508 e. The van der Waals surface area contributed by atoms with E-state index in [1.165, 1.54) is 50.6 Å². The first-order chi connectivity index (χ1) is 20.8. The average molecular weight is 708 g/mol. The zero-order valence-corrected chi connectivity index (χ0v) is 26.5. The van der Waals surface area contributed by atoms with Crippen molar-refractivity contribution in [2.75, 3.05) is 24.6 Å². The molecule has 6 atom stereocenters. The van der Waals surface area contributed by atoms with Crippen LogP contribution in [0.15, 0.2) is 48.0 Å². The van der Waals surface area contributed by atoms with Gasteiger partial charge in [0.25, 0.3) is 11.8 Å². The number of nitrogens with zero attached hydrogens (tertiary/aromatic N) is 2. The molecule has 6 unspecified atom stereocenters. The molecule has 11 nitrogen and oxygen atoms in total. The standard InChI is InChI=1S/C29H26BBrCl2N2O9/c1-43-19-9-15(36)10-20(44-2)22(19)23-16-6-7-17-21(18(16)11-28(32)26(39)34(12-31)27(40)29(23,28)33)25(38)35(24(17)37)14-5-3-4-13(8-14)30(41)42/h3-6,8-10,17-18,21,23,36,41-42H,7,11-12H2,1-2H3. The summed E-state index contributed by atoms with van der Waals surface area (Å²) in [7, 11) is 0.905. The van der Waals surface area contributed by atoms with Crippen LogP contribution in [0.1, 0.15) is 24.3 Å². The van der Waals surface area contributed by atoms with Crippen molar-refractivity contribution in [2.45, 2.75) is 28.5 Å². The molecule has 4 aliphatic rings. The van der Waals surface area contributed by atoms with Gasteiger partial charge in [0.1, 0.15) is 17.2 Å². The number of halogens is 3. The molecule has 15 heteroatoms. The monoisotopic (exact) mass is 706 g/mol. The van der Waals surface area contributed by atoms with E-state index in [0.717, 1.165) is 9.80 Å². The van der Waals surface area contributed by atoms with E-state index in [4.69, 9.17) is 32.7 Å². The fourth-order valence-electron chi connectivity index (χ4n) is 7.36. The second kappa shape index (κ2) is 10.8. The summed E-state index contributed by atoms with van der Waals surface area (Å²) in [5.41, 5.74) is 0.842. The zero-order valence-electron chi connectivity index (χ0n) is 23.4. The Bertz CT molecular complexity index is 1630. The summed E-state index contributed by atoms with van der Waals surface area (Å²) >= 11 is 17.8. The number of hydrogen-bond acceptors (Lipinski definition) is 9. The van der Waals surface area contributed by atoms with Crippen molar-refractivity contribution < 1.29 is 43.8 Å². The lowest BCUT2D eigenvalue weighted by Gasteiger charge is -2.51. The molecule has 2 saturated heterocycles. The van der Waals surface area contributed by atoms with Gasteiger partial charge in [-0.1, -0.05) is 39.7 Å². The van der Waals surface area contributed by atoms with E-state index in [2.05, 4.69) is 15.9 Å². The lowest BCUT2D eigenvalue weighted by Crippen LogP contribution is -2.60. The van der Waals surface area contributed by atoms with Crippen LogP contribution < -0.4 is 19.8 Å². The van der Waals surface area contributed by atoms with Gasteiger partial charge in [0.05, 0.1) is 37.2 Å². The van der Waals surface area contributed by atoms with Crippen molar-refractivity contribution in [3.05, 3.63) is 53.6 Å². The van der Waals surface area contributed by atoms with E-state index in [9.17, 15) is 34.3 Å². The summed E-state index contributed by atoms with van der Waals surface area (Å²) in [5, 5.41) is 29.7. The Hall–Kier alpha value is -3.10. The number of phenols is 1. The number of amides is 4. The quantitative estimate of drug-likeness (QED) is 0.135. The molecular formula is C29H26BBrCl2N2O9. The highest BCUT2D eigenvalue weighted by Crippen LogP contribution is 2.67. The Morgan fingerprint density at radius 3 is 2.25 bits per heavy atom. The SMILES string of the molecule is COc1cc(O)cc(OC)c1C1C2=CCC3C(=O)N(c4cccc(B(O)O)c4)C(=O)C3C2CC2(Cl)C(=O)N(CBr)C(=O)C12Cl. The number of alkyl halides is 3. The highest BCUT2D eigenvalue weighted by atomic mass is 79.9. The largest absolute Gasteiger partial charge is 0.508 e. The van der Waals surface area contributed by atoms with E-state index >= 15 is 0 Å². The number of anilines is 1. The fraction of sp³-hybridized carbons (Fsp3) is 0.379. The van der Waals surface area contributed by atoms with E-state index in [-0.39, 0.29) is 52.3 Å². The molecule has 6 rings (SSSR count). The fourth-order valence-corrected chi connectivity index (χ4v) is 8.77. The number of benzene rings is 2. The Morgan fingerprint density at radius 2 is 1.66 bits per heavy atom. The lowest BCUT2D eigenvalue weighted by atomic mass is 9.56. The van der Waals surface area contributed by atoms with E-state index in [0.29, 0.717) is 5.57 Å². The summed E-state index contributed by atoms with van der Waals surface area (Å²) in [6.45, 7) is 0. The van der Waals surface area contributed by atoms with Crippen LogP contribution in [0, 0.1) is 17.8 Å². The molecule has 0 bridgehead atoms. The van der Waals surface area contributed by atoms with Crippen molar-refractivity contribution in [2.24, 2.45) is 17.8 Å². The molecule has 44 heavy (non-hydrogen) atoms. The van der Waals surface area contributed by atoms with Gasteiger partial charge in [0.2, 0.25) is 11.8 Å². The number of methoxy groups -OCH3 is 2. The second-order valence-corrected chi connectivity index (χ2v) is 13.0. The summed E-state index contributed by atoms with van der Waals surface area (Å²) in [6.07, 6.45) is 1.66. The smallest absolute Gasteiger partial charge is 0.488 e. The van der Waals surface area contributed by atoms with E-state index < -0.39 is 64.2 Å². The number of likely N-dealkylation sites (tertiary alicyclic amines) is 1. The minimum absolute atomic E-state index is 0.0950. The molecule has 4 amide bonds. The number of phenolic OH excluding ortho intramolecular Hbond substituents is 1. The number of hydrogen-bond donors (Lipinski definition) is 3. The van der Waals surface area contributed by atoms with E-state index in [1.807, 2.05) is 0 Å². The molecule has 2 aliphatic heterocycles. The lowest BCUT2D eigenvalue weighted by molar-refractivity contribution is -0.138. The van der Waals surface area contributed by atoms with Crippen molar-refractivity contribution in [1.29, 1.82) is 0 Å². The first kappa shape index (κ1) is 30.9. The molecule has 2 aliphatic carbocycles. The summed E-state index contributed by atoms with van der Waals surface area (Å²) < 4.78 is 11.2. The van der Waals surface area contributed by atoms with Crippen molar-refractivity contribution in [1.82, 2.24) is 4.90 Å². The van der Waals surface area contributed by atoms with Crippen LogP contribution in [0.3, 0.4) is 0 Å². The molecule has 0 radical (unpaired) electrons. The molecule has 2 aromatic rings. The van der Waals surface area contributed by atoms with Gasteiger partial charge in [-0.3, -0.25) is 29.0 Å². The second-order valence-electron chi connectivity index (χ2n) is 11.2. The molecule has 0 aromatic heterocycles. The maximum Gasteiger partial charge on any atom is 0.488 e. The van der Waals surface area contributed by atoms with E-state index in [1.54, 1.807) is 6.08 Å². The molecule has 0 spiro atoms. The Morgan fingerprint density at radius 1 is 1.00 bits per heavy atom. The van der Waals surface area contributed by atoms with Crippen LogP contribution in [0.5, 0.6) is 17.2 Å². The molecule has 1 saturated carbocycles. The summed E-state index contributed by atoms with van der Waals surface area (Å²) in [6, 6.07) is 8.46. The molecule has 3 N–H and O–H groups in total. The predicted octanol–water partition coefficient (Wildman–Crippen LogP) is 2.00. The van der Waals surface area contributed by atoms with Gasteiger partial charge in [0.15, 0.2) is 9.75 Å². The third-order valence-electron chi connectivity index (χ3n) is 9.26. The van der Waals surface area contributed by atoms with Crippen LogP contribution in [0.4, 0.5) is 5.69 Å². The third kappa shape index (κ3) is 4.02. The highest BCUT2D eigenvalue weighted by Gasteiger charge is 2.76. The predicted molar refractivity (Wildman–Crippen MR) is 163 cm³/mol. The number of carbonyl (C=O) groups excluding carboxylic acids is 4. The third-order valence-corrected chi connectivity index (χ3v) is 11.2. The molecule has 2 aromatic carbocycles. The van der Waals surface area contributed by atoms with Gasteiger partial charge in [-0.15, -0.1) is 23.2 Å². The summed E-state index contributed by atoms with van der Waals surface area (Å²) in [4.78, 5) is 53.7. The minimum atomic E-state index is -2.09. The number of rotatable bonds is 6. The topological polar surface area (TPSA) is 154 Å². The maximum atomic E-state index is 14.2. The van der Waals surface area contributed by atoms with Gasteiger partial charge >= 0.3 is 7.12 Å². The Balaban J connectivity index is 1.56. The highest BCUT2D eigenvalue weighted by molar-refractivity contribution is 9.09. The van der Waals surface area contributed by atoms with Crippen molar-refractivity contribution in [3.63, 3.8) is 0 Å². The normalized spacial score (nSPS) is 31.0. The molecule has 230 valence electrons. The first-order valence-electron chi connectivity index (χ1n) is 13.6. The van der Waals surface area contributed by atoms with Crippen molar-refractivity contribution in [3.8, 4) is 17.2 Å². The van der Waals surface area contributed by atoms with Gasteiger partial charge in [0, 0.05) is 23.6 Å². The van der Waals surface area contributed by atoms with Gasteiger partial charge in [-0.25, -0.2) is 0 Å². The number of allylic oxidation sites excluding steroid dienone is 2. The number of fused-ring (bicyclic) bond motifs is 4. The molecule has 3 fully saturated rings. The zero-order chi connectivity index (χ0) is 31.9. The van der Waals surface area contributed by atoms with Gasteiger partial charge in [-0.2, -0.15) is 0 Å². The maximum absolute atomic E-state index is 14.2. The van der Waals surface area contributed by atoms with Crippen LogP contribution >= 0.6 is 39.1 Å². The van der Waals surface area contributed by atoms with Gasteiger partial charge in [-0.05, 0) is 36.4 Å². The van der Waals surface area contributed by atoms with Crippen LogP contribution in [0.2, 0.25) is 0 Å². The number of carbonyl (C=O) groups is 4. The number of aromatic hydroxyl groups is 1. The first-order valence-corrected chi connectivity index (χ1v) is 15.5. The Kier molecular flexibility index (Phi) is 7.56. The van der Waals surface area contributed by atoms with Crippen molar-refractivity contribution >= 4 is 81.0 Å². The molecule has 2 heterocycles. The summed E-state index contributed by atoms with van der Waals surface area (Å²) in [5.74, 6) is -6.28. The average Bonchev–Trinajstić information content (AvgIpc) is 3.34. The Labute approximate surface area is 270 Å². The van der Waals surface area contributed by atoms with Gasteiger partial charge < -0.3 is 24.6 Å². The van der Waals surface area contributed by atoms with Crippen LogP contribution in [-0.2, 0) is 19.2 Å². The number of imide groups is 2. The number of ether oxygens (including phenoxy) is 2. The van der Waals surface area contributed by atoms with Crippen LogP contribution in [-0.4, -0.2) is 80.2 Å². The van der Waals surface area contributed by atoms with Crippen LogP contribution in [0.25, 0.3) is 0 Å². The molecular weight excluding hydrogens is 682 g/mol.